The van der Waals surface area contributed by atoms with E-state index in [0.29, 0.717) is 30.6 Å². The van der Waals surface area contributed by atoms with Gasteiger partial charge in [-0.3, -0.25) is 9.89 Å². The van der Waals surface area contributed by atoms with Crippen molar-refractivity contribution in [3.63, 3.8) is 0 Å². The van der Waals surface area contributed by atoms with Crippen molar-refractivity contribution in [3.8, 4) is 0 Å². The Balaban J connectivity index is 1.22. The molecular formula is C19H23ClN4O2. The number of aromatic nitrogens is 2. The molecule has 2 fully saturated rings. The van der Waals surface area contributed by atoms with Gasteiger partial charge in [0.15, 0.2) is 5.82 Å². The topological polar surface area (TPSA) is 61.5 Å². The summed E-state index contributed by atoms with van der Waals surface area (Å²) < 4.78 is 5.56. The summed E-state index contributed by atoms with van der Waals surface area (Å²) in [7, 11) is 0. The molecule has 26 heavy (non-hydrogen) atoms. The number of carbonyl (C=O) groups is 1. The van der Waals surface area contributed by atoms with Crippen LogP contribution in [0.2, 0.25) is 5.02 Å². The molecule has 7 heteroatoms. The standard InChI is InChI=1S/C19H23ClN4O2/c20-16-4-2-1-3-15(16)12-26-13-19(25)24-9-7-23(8-10-24)18-11-17(21-22-18)14-5-6-14/h1-4,11,14H,5-10,12-13H2,(H,21,22). The molecule has 1 aromatic heterocycles. The lowest BCUT2D eigenvalue weighted by Gasteiger charge is -2.34. The van der Waals surface area contributed by atoms with Crippen LogP contribution < -0.4 is 4.90 Å². The minimum atomic E-state index is 0.0254. The van der Waals surface area contributed by atoms with Crippen LogP contribution in [0.15, 0.2) is 30.3 Å². The van der Waals surface area contributed by atoms with Gasteiger partial charge in [-0.2, -0.15) is 5.10 Å². The van der Waals surface area contributed by atoms with Crippen molar-refractivity contribution in [2.45, 2.75) is 25.4 Å². The number of benzene rings is 1. The van der Waals surface area contributed by atoms with Crippen molar-refractivity contribution in [2.75, 3.05) is 37.7 Å². The molecule has 1 saturated heterocycles. The Morgan fingerprint density at radius 1 is 1.23 bits per heavy atom. The van der Waals surface area contributed by atoms with Gasteiger partial charge < -0.3 is 14.5 Å². The number of ether oxygens (including phenoxy) is 1. The highest BCUT2D eigenvalue weighted by atomic mass is 35.5. The fraction of sp³-hybridized carbons (Fsp3) is 0.474. The van der Waals surface area contributed by atoms with E-state index in [0.717, 1.165) is 24.5 Å². The minimum absolute atomic E-state index is 0.0254. The maximum absolute atomic E-state index is 12.3. The molecule has 6 nitrogen and oxygen atoms in total. The first-order chi connectivity index (χ1) is 12.7. The van der Waals surface area contributed by atoms with E-state index in [-0.39, 0.29) is 12.5 Å². The van der Waals surface area contributed by atoms with Crippen LogP contribution in [0.5, 0.6) is 0 Å². The Morgan fingerprint density at radius 2 is 2.00 bits per heavy atom. The van der Waals surface area contributed by atoms with E-state index < -0.39 is 0 Å². The zero-order valence-electron chi connectivity index (χ0n) is 14.7. The van der Waals surface area contributed by atoms with E-state index >= 15 is 0 Å². The number of nitrogens with one attached hydrogen (secondary N) is 1. The molecule has 0 spiro atoms. The molecule has 0 bridgehead atoms. The van der Waals surface area contributed by atoms with Crippen LogP contribution in [-0.4, -0.2) is 53.8 Å². The highest BCUT2D eigenvalue weighted by Gasteiger charge is 2.27. The van der Waals surface area contributed by atoms with Gasteiger partial charge >= 0.3 is 0 Å². The quantitative estimate of drug-likeness (QED) is 0.844. The first kappa shape index (κ1) is 17.4. The van der Waals surface area contributed by atoms with Gasteiger partial charge in [0.05, 0.1) is 6.61 Å². The van der Waals surface area contributed by atoms with E-state index in [1.165, 1.54) is 18.5 Å². The molecule has 2 aromatic rings. The van der Waals surface area contributed by atoms with Gasteiger partial charge in [-0.15, -0.1) is 0 Å². The van der Waals surface area contributed by atoms with Gasteiger partial charge in [0.1, 0.15) is 6.61 Å². The molecule has 0 radical (unpaired) electrons. The predicted molar refractivity (Wildman–Crippen MR) is 100 cm³/mol. The number of anilines is 1. The summed E-state index contributed by atoms with van der Waals surface area (Å²) in [5.74, 6) is 1.70. The number of carbonyl (C=O) groups excluding carboxylic acids is 1. The van der Waals surface area contributed by atoms with Crippen molar-refractivity contribution >= 4 is 23.3 Å². The average Bonchev–Trinajstić information content (AvgIpc) is 3.40. The maximum Gasteiger partial charge on any atom is 0.248 e. The fourth-order valence-electron chi connectivity index (χ4n) is 3.23. The van der Waals surface area contributed by atoms with Crippen LogP contribution in [0.25, 0.3) is 0 Å². The number of H-pyrrole nitrogens is 1. The maximum atomic E-state index is 12.3. The number of aromatic amines is 1. The second kappa shape index (κ2) is 7.68. The Morgan fingerprint density at radius 3 is 2.73 bits per heavy atom. The molecule has 0 unspecified atom stereocenters. The summed E-state index contributed by atoms with van der Waals surface area (Å²) >= 11 is 6.10. The van der Waals surface area contributed by atoms with Crippen LogP contribution in [0.3, 0.4) is 0 Å². The highest BCUT2D eigenvalue weighted by molar-refractivity contribution is 6.31. The number of nitrogens with zero attached hydrogens (tertiary/aromatic N) is 3. The summed E-state index contributed by atoms with van der Waals surface area (Å²) in [5.41, 5.74) is 2.14. The fourth-order valence-corrected chi connectivity index (χ4v) is 3.42. The van der Waals surface area contributed by atoms with Gasteiger partial charge in [-0.1, -0.05) is 29.8 Å². The van der Waals surface area contributed by atoms with Crippen LogP contribution >= 0.6 is 11.6 Å². The van der Waals surface area contributed by atoms with Gasteiger partial charge in [-0.05, 0) is 24.5 Å². The summed E-state index contributed by atoms with van der Waals surface area (Å²) in [6.45, 7) is 3.41. The van der Waals surface area contributed by atoms with Crippen molar-refractivity contribution in [1.82, 2.24) is 15.1 Å². The number of rotatable bonds is 6. The zero-order valence-corrected chi connectivity index (χ0v) is 15.4. The third-order valence-corrected chi connectivity index (χ3v) is 5.37. The van der Waals surface area contributed by atoms with E-state index in [4.69, 9.17) is 16.3 Å². The average molecular weight is 375 g/mol. The number of amides is 1. The lowest BCUT2D eigenvalue weighted by atomic mass is 10.2. The third kappa shape index (κ3) is 4.02. The molecule has 1 amide bonds. The van der Waals surface area contributed by atoms with Gasteiger partial charge in [0, 0.05) is 48.9 Å². The lowest BCUT2D eigenvalue weighted by molar-refractivity contribution is -0.136. The zero-order chi connectivity index (χ0) is 17.9. The smallest absolute Gasteiger partial charge is 0.248 e. The van der Waals surface area contributed by atoms with Crippen LogP contribution in [0.1, 0.15) is 30.0 Å². The number of hydrogen-bond acceptors (Lipinski definition) is 4. The molecule has 2 aliphatic rings. The SMILES string of the molecule is O=C(COCc1ccccc1Cl)N1CCN(c2cc(C3CC3)[nH]n2)CC1. The Labute approximate surface area is 158 Å². The van der Waals surface area contributed by atoms with Crippen LogP contribution in [0, 0.1) is 0 Å². The second-order valence-electron chi connectivity index (χ2n) is 6.91. The Bertz CT molecular complexity index is 766. The van der Waals surface area contributed by atoms with Crippen LogP contribution in [0.4, 0.5) is 5.82 Å². The summed E-state index contributed by atoms with van der Waals surface area (Å²) in [5, 5.41) is 8.23. The van der Waals surface area contributed by atoms with Gasteiger partial charge in [-0.25, -0.2) is 0 Å². The molecule has 1 N–H and O–H groups in total. The molecule has 138 valence electrons. The predicted octanol–water partition coefficient (Wildman–Crippen LogP) is 2.81. The monoisotopic (exact) mass is 374 g/mol. The lowest BCUT2D eigenvalue weighted by Crippen LogP contribution is -2.49. The molecule has 1 aliphatic carbocycles. The molecule has 1 saturated carbocycles. The van der Waals surface area contributed by atoms with Gasteiger partial charge in [0.25, 0.3) is 0 Å². The third-order valence-electron chi connectivity index (χ3n) is 5.00. The molecule has 1 aromatic carbocycles. The largest absolute Gasteiger partial charge is 0.367 e. The van der Waals surface area contributed by atoms with Crippen molar-refractivity contribution < 1.29 is 9.53 Å². The molecule has 2 heterocycles. The first-order valence-electron chi connectivity index (χ1n) is 9.10. The number of hydrogen-bond donors (Lipinski definition) is 1. The number of piperazine rings is 1. The van der Waals surface area contributed by atoms with Crippen molar-refractivity contribution in [1.29, 1.82) is 0 Å². The summed E-state index contributed by atoms with van der Waals surface area (Å²) in [6.07, 6.45) is 2.52. The first-order valence-corrected chi connectivity index (χ1v) is 9.47. The summed E-state index contributed by atoms with van der Waals surface area (Å²) in [4.78, 5) is 16.4. The van der Waals surface area contributed by atoms with E-state index in [9.17, 15) is 4.79 Å². The van der Waals surface area contributed by atoms with Crippen LogP contribution in [-0.2, 0) is 16.1 Å². The molecular weight excluding hydrogens is 352 g/mol. The molecule has 1 aliphatic heterocycles. The summed E-state index contributed by atoms with van der Waals surface area (Å²) in [6, 6.07) is 9.68. The van der Waals surface area contributed by atoms with E-state index in [1.807, 2.05) is 29.2 Å². The van der Waals surface area contributed by atoms with E-state index in [1.54, 1.807) is 0 Å². The van der Waals surface area contributed by atoms with Crippen molar-refractivity contribution in [2.24, 2.45) is 0 Å². The minimum Gasteiger partial charge on any atom is -0.367 e. The molecule has 4 rings (SSSR count). The Hall–Kier alpha value is -2.05. The van der Waals surface area contributed by atoms with Crippen molar-refractivity contribution in [3.05, 3.63) is 46.6 Å². The highest BCUT2D eigenvalue weighted by Crippen LogP contribution is 2.39. The normalized spacial score (nSPS) is 17.6. The van der Waals surface area contributed by atoms with Gasteiger partial charge in [0.2, 0.25) is 5.91 Å². The Kier molecular flexibility index (Phi) is 5.13. The number of halogens is 1. The molecule has 0 atom stereocenters. The van der Waals surface area contributed by atoms with E-state index in [2.05, 4.69) is 21.2 Å². The second-order valence-corrected chi connectivity index (χ2v) is 7.32.